The highest BCUT2D eigenvalue weighted by Crippen LogP contribution is 2.42. The summed E-state index contributed by atoms with van der Waals surface area (Å²) in [6.45, 7) is 4.38. The van der Waals surface area contributed by atoms with E-state index in [-0.39, 0.29) is 11.7 Å². The Morgan fingerprint density at radius 3 is 2.44 bits per heavy atom. The average Bonchev–Trinajstić information content (AvgIpc) is 3.33. The topological polar surface area (TPSA) is 44.6 Å². The molecule has 2 aromatic carbocycles. The third-order valence-electron chi connectivity index (χ3n) is 6.67. The summed E-state index contributed by atoms with van der Waals surface area (Å²) in [6, 6.07) is 13.3. The number of aromatic nitrogens is 2. The largest absolute Gasteiger partial charge is 0.368 e. The van der Waals surface area contributed by atoms with Gasteiger partial charge in [-0.3, -0.25) is 4.79 Å². The van der Waals surface area contributed by atoms with E-state index >= 15 is 0 Å². The molecule has 6 nitrogen and oxygen atoms in total. The van der Waals surface area contributed by atoms with Crippen molar-refractivity contribution in [2.24, 2.45) is 0 Å². The zero-order chi connectivity index (χ0) is 24.0. The van der Waals surface area contributed by atoms with E-state index < -0.39 is 6.04 Å². The van der Waals surface area contributed by atoms with E-state index in [9.17, 15) is 9.18 Å². The first-order valence-corrected chi connectivity index (χ1v) is 11.8. The number of anilines is 2. The molecule has 1 fully saturated rings. The number of amides is 1. The van der Waals surface area contributed by atoms with Crippen molar-refractivity contribution in [3.8, 4) is 0 Å². The standard InChI is InChI=1S/C25H24Cl2FN5O/c1-16-22(25(34)32-14-12-31(13-15-32)18-8-6-17(28)7-9-18)24(19-4-3-5-20(26)23(19)27)33-21(30(16)2)10-11-29-33/h3-11,24H,12-15H2,1-2H3. The van der Waals surface area contributed by atoms with Gasteiger partial charge in [0.1, 0.15) is 17.7 Å². The van der Waals surface area contributed by atoms with Crippen molar-refractivity contribution >= 4 is 40.6 Å². The minimum atomic E-state index is -0.491. The van der Waals surface area contributed by atoms with E-state index in [1.165, 1.54) is 12.1 Å². The molecule has 2 aliphatic rings. The average molecular weight is 500 g/mol. The fraction of sp³-hybridized carbons (Fsp3) is 0.280. The highest BCUT2D eigenvalue weighted by Gasteiger charge is 2.38. The van der Waals surface area contributed by atoms with Gasteiger partial charge in [-0.2, -0.15) is 5.10 Å². The summed E-state index contributed by atoms with van der Waals surface area (Å²) in [5, 5.41) is 5.39. The number of nitrogens with zero attached hydrogens (tertiary/aromatic N) is 5. The Morgan fingerprint density at radius 2 is 1.74 bits per heavy atom. The number of hydrogen-bond acceptors (Lipinski definition) is 4. The molecule has 0 spiro atoms. The van der Waals surface area contributed by atoms with Crippen LogP contribution in [0.25, 0.3) is 0 Å². The molecule has 1 atom stereocenters. The van der Waals surface area contributed by atoms with E-state index in [1.807, 2.05) is 46.7 Å². The van der Waals surface area contributed by atoms with Crippen LogP contribution in [0.15, 0.2) is 66.0 Å². The predicted octanol–water partition coefficient (Wildman–Crippen LogP) is 4.99. The Balaban J connectivity index is 1.47. The van der Waals surface area contributed by atoms with Crippen molar-refractivity contribution in [2.45, 2.75) is 13.0 Å². The number of benzene rings is 2. The van der Waals surface area contributed by atoms with Crippen molar-refractivity contribution in [3.05, 3.63) is 87.4 Å². The summed E-state index contributed by atoms with van der Waals surface area (Å²) in [6.07, 6.45) is 1.72. The molecule has 5 rings (SSSR count). The quantitative estimate of drug-likeness (QED) is 0.509. The second kappa shape index (κ2) is 8.96. The number of rotatable bonds is 3. The van der Waals surface area contributed by atoms with Gasteiger partial charge in [0.15, 0.2) is 0 Å². The van der Waals surface area contributed by atoms with E-state index in [0.29, 0.717) is 41.8 Å². The Bertz CT molecular complexity index is 1260. The number of halogens is 3. The fourth-order valence-corrected chi connectivity index (χ4v) is 5.14. The molecule has 9 heteroatoms. The molecule has 1 aromatic heterocycles. The van der Waals surface area contributed by atoms with E-state index in [4.69, 9.17) is 23.2 Å². The molecule has 176 valence electrons. The lowest BCUT2D eigenvalue weighted by molar-refractivity contribution is -0.128. The van der Waals surface area contributed by atoms with Crippen molar-refractivity contribution < 1.29 is 9.18 Å². The zero-order valence-corrected chi connectivity index (χ0v) is 20.4. The van der Waals surface area contributed by atoms with Crippen LogP contribution in [-0.4, -0.2) is 53.8 Å². The molecule has 3 heterocycles. The van der Waals surface area contributed by atoms with Crippen LogP contribution < -0.4 is 9.80 Å². The molecular weight excluding hydrogens is 476 g/mol. The number of carbonyl (C=O) groups excluding carboxylic acids is 1. The Morgan fingerprint density at radius 1 is 1.03 bits per heavy atom. The lowest BCUT2D eigenvalue weighted by atomic mass is 9.93. The molecule has 0 saturated carbocycles. The molecule has 3 aromatic rings. The van der Waals surface area contributed by atoms with Crippen LogP contribution in [0.5, 0.6) is 0 Å². The summed E-state index contributed by atoms with van der Waals surface area (Å²) in [4.78, 5) is 20.0. The number of fused-ring (bicyclic) bond motifs is 1. The van der Waals surface area contributed by atoms with Crippen molar-refractivity contribution in [1.29, 1.82) is 0 Å². The molecule has 2 aliphatic heterocycles. The maximum absolute atomic E-state index is 14.0. The van der Waals surface area contributed by atoms with Crippen molar-refractivity contribution in [3.63, 3.8) is 0 Å². The summed E-state index contributed by atoms with van der Waals surface area (Å²) in [5.41, 5.74) is 3.16. The Labute approximate surface area is 207 Å². The molecule has 1 saturated heterocycles. The molecule has 1 unspecified atom stereocenters. The third kappa shape index (κ3) is 3.83. The van der Waals surface area contributed by atoms with Gasteiger partial charge in [0.25, 0.3) is 5.91 Å². The first-order chi connectivity index (χ1) is 16.4. The second-order valence-corrected chi connectivity index (χ2v) is 9.28. The summed E-state index contributed by atoms with van der Waals surface area (Å²) >= 11 is 13.0. The van der Waals surface area contributed by atoms with Gasteiger partial charge < -0.3 is 14.7 Å². The molecule has 34 heavy (non-hydrogen) atoms. The van der Waals surface area contributed by atoms with Crippen LogP contribution in [0.3, 0.4) is 0 Å². The van der Waals surface area contributed by atoms with Gasteiger partial charge in [-0.15, -0.1) is 0 Å². The normalized spacial score (nSPS) is 18.4. The van der Waals surface area contributed by atoms with E-state index in [0.717, 1.165) is 22.8 Å². The van der Waals surface area contributed by atoms with Crippen LogP contribution in [0, 0.1) is 5.82 Å². The zero-order valence-electron chi connectivity index (χ0n) is 18.9. The van der Waals surface area contributed by atoms with Crippen LogP contribution in [0.2, 0.25) is 10.0 Å². The van der Waals surface area contributed by atoms with Gasteiger partial charge in [0, 0.05) is 56.2 Å². The highest BCUT2D eigenvalue weighted by atomic mass is 35.5. The second-order valence-electron chi connectivity index (χ2n) is 8.49. The van der Waals surface area contributed by atoms with E-state index in [2.05, 4.69) is 10.00 Å². The lowest BCUT2D eigenvalue weighted by Crippen LogP contribution is -2.50. The fourth-order valence-electron chi connectivity index (χ4n) is 4.73. The monoisotopic (exact) mass is 499 g/mol. The van der Waals surface area contributed by atoms with Gasteiger partial charge in [-0.1, -0.05) is 35.3 Å². The Hall–Kier alpha value is -3.03. The maximum Gasteiger partial charge on any atom is 0.254 e. The van der Waals surface area contributed by atoms with Gasteiger partial charge in [-0.25, -0.2) is 9.07 Å². The SMILES string of the molecule is CC1=C(C(=O)N2CCN(c3ccc(F)cc3)CC2)C(c2cccc(Cl)c2Cl)n2nccc2N1C. The van der Waals surface area contributed by atoms with Crippen LogP contribution in [0.1, 0.15) is 18.5 Å². The summed E-state index contributed by atoms with van der Waals surface area (Å²) in [7, 11) is 1.93. The smallest absolute Gasteiger partial charge is 0.254 e. The molecule has 0 N–H and O–H groups in total. The number of hydrogen-bond donors (Lipinski definition) is 0. The maximum atomic E-state index is 14.0. The lowest BCUT2D eigenvalue weighted by Gasteiger charge is -2.40. The number of allylic oxidation sites excluding steroid dienone is 1. The van der Waals surface area contributed by atoms with Crippen LogP contribution >= 0.6 is 23.2 Å². The first-order valence-electron chi connectivity index (χ1n) is 11.1. The summed E-state index contributed by atoms with van der Waals surface area (Å²) < 4.78 is 15.1. The van der Waals surface area contributed by atoms with Gasteiger partial charge >= 0.3 is 0 Å². The van der Waals surface area contributed by atoms with E-state index in [1.54, 1.807) is 24.4 Å². The van der Waals surface area contributed by atoms with Crippen molar-refractivity contribution in [1.82, 2.24) is 14.7 Å². The first kappa shape index (κ1) is 22.7. The van der Waals surface area contributed by atoms with Crippen LogP contribution in [0.4, 0.5) is 15.9 Å². The predicted molar refractivity (Wildman–Crippen MR) is 133 cm³/mol. The number of carbonyl (C=O) groups is 1. The van der Waals surface area contributed by atoms with Crippen molar-refractivity contribution in [2.75, 3.05) is 43.0 Å². The van der Waals surface area contributed by atoms with Gasteiger partial charge in [0.2, 0.25) is 0 Å². The molecular formula is C25H24Cl2FN5O. The van der Waals surface area contributed by atoms with Gasteiger partial charge in [0.05, 0.1) is 21.8 Å². The highest BCUT2D eigenvalue weighted by molar-refractivity contribution is 6.42. The minimum Gasteiger partial charge on any atom is -0.368 e. The Kier molecular flexibility index (Phi) is 6.00. The van der Waals surface area contributed by atoms with Crippen LogP contribution in [-0.2, 0) is 4.79 Å². The third-order valence-corrected chi connectivity index (χ3v) is 7.50. The minimum absolute atomic E-state index is 0.0506. The molecule has 0 radical (unpaired) electrons. The van der Waals surface area contributed by atoms with Gasteiger partial charge in [-0.05, 0) is 37.3 Å². The number of piperazine rings is 1. The molecule has 0 aliphatic carbocycles. The molecule has 0 bridgehead atoms. The molecule has 1 amide bonds. The summed E-state index contributed by atoms with van der Waals surface area (Å²) in [5.74, 6) is 0.562.